The minimum Gasteiger partial charge on any atom is -0.478 e. The van der Waals surface area contributed by atoms with Crippen molar-refractivity contribution in [3.05, 3.63) is 59.4 Å². The molecule has 0 bridgehead atoms. The lowest BCUT2D eigenvalue weighted by Crippen LogP contribution is -2.31. The highest BCUT2D eigenvalue weighted by molar-refractivity contribution is 8.00. The number of carbonyl (C=O) groups is 2. The summed E-state index contributed by atoms with van der Waals surface area (Å²) in [6.07, 6.45) is 7.77. The molecule has 0 amide bonds. The number of rotatable bonds is 6. The van der Waals surface area contributed by atoms with E-state index in [9.17, 15) is 19.8 Å². The SMILES string of the molecule is O=C(O)C=C(C(=O)O)C1(c2ccccc2)Cn2cc(CN3CCCCCC3)nc2S1. The third-order valence-electron chi connectivity index (χ3n) is 5.71. The number of carboxylic acid groups (broad SMARTS) is 2. The summed E-state index contributed by atoms with van der Waals surface area (Å²) in [7, 11) is 0. The van der Waals surface area contributed by atoms with Crippen LogP contribution in [0.5, 0.6) is 0 Å². The van der Waals surface area contributed by atoms with E-state index in [0.717, 1.165) is 42.1 Å². The summed E-state index contributed by atoms with van der Waals surface area (Å²) in [5, 5.41) is 19.9. The standard InChI is InChI=1S/C22H25N3O4S/c26-19(27)12-18(20(28)29)22(16-8-4-3-5-9-16)15-25-14-17(23-21(25)30-22)13-24-10-6-1-2-7-11-24/h3-5,8-9,12,14H,1-2,6-7,10-11,13,15H2,(H,26,27)(H,28,29). The summed E-state index contributed by atoms with van der Waals surface area (Å²) < 4.78 is 0.929. The topological polar surface area (TPSA) is 95.7 Å². The molecule has 1 unspecified atom stereocenters. The van der Waals surface area contributed by atoms with Gasteiger partial charge >= 0.3 is 11.9 Å². The largest absolute Gasteiger partial charge is 0.478 e. The summed E-state index contributed by atoms with van der Waals surface area (Å²) in [5.41, 5.74) is 1.58. The van der Waals surface area contributed by atoms with Gasteiger partial charge in [-0.3, -0.25) is 4.90 Å². The Bertz CT molecular complexity index is 939. The zero-order valence-corrected chi connectivity index (χ0v) is 17.5. The van der Waals surface area contributed by atoms with Gasteiger partial charge in [-0.05, 0) is 31.5 Å². The van der Waals surface area contributed by atoms with Crippen LogP contribution in [-0.4, -0.2) is 49.7 Å². The van der Waals surface area contributed by atoms with Crippen LogP contribution >= 0.6 is 11.8 Å². The summed E-state index contributed by atoms with van der Waals surface area (Å²) in [6, 6.07) is 9.22. The summed E-state index contributed by atoms with van der Waals surface area (Å²) in [6.45, 7) is 3.27. The Hall–Kier alpha value is -2.58. The molecule has 3 heterocycles. The first-order chi connectivity index (χ1) is 14.5. The highest BCUT2D eigenvalue weighted by atomic mass is 32.2. The van der Waals surface area contributed by atoms with Crippen molar-refractivity contribution in [2.24, 2.45) is 0 Å². The maximum Gasteiger partial charge on any atom is 0.333 e. The smallest absolute Gasteiger partial charge is 0.333 e. The van der Waals surface area contributed by atoms with Crippen LogP contribution in [0.4, 0.5) is 0 Å². The number of hydrogen-bond acceptors (Lipinski definition) is 5. The predicted octanol–water partition coefficient (Wildman–Crippen LogP) is 3.36. The van der Waals surface area contributed by atoms with Gasteiger partial charge in [-0.15, -0.1) is 0 Å². The molecule has 30 heavy (non-hydrogen) atoms. The molecule has 1 fully saturated rings. The zero-order chi connectivity index (χ0) is 21.1. The third kappa shape index (κ3) is 4.15. The average molecular weight is 428 g/mol. The molecule has 1 saturated heterocycles. The van der Waals surface area contributed by atoms with Crippen molar-refractivity contribution in [2.75, 3.05) is 13.1 Å². The number of hydrogen-bond donors (Lipinski definition) is 2. The van der Waals surface area contributed by atoms with E-state index in [-0.39, 0.29) is 5.57 Å². The summed E-state index contributed by atoms with van der Waals surface area (Å²) >= 11 is 1.32. The molecule has 2 aliphatic rings. The minimum atomic E-state index is -1.27. The Morgan fingerprint density at radius 2 is 1.80 bits per heavy atom. The number of imidazole rings is 1. The van der Waals surface area contributed by atoms with Crippen molar-refractivity contribution in [2.45, 2.75) is 48.7 Å². The molecular weight excluding hydrogens is 402 g/mol. The van der Waals surface area contributed by atoms with Gasteiger partial charge in [0.2, 0.25) is 0 Å². The van der Waals surface area contributed by atoms with E-state index in [4.69, 9.17) is 4.98 Å². The molecule has 0 spiro atoms. The van der Waals surface area contributed by atoms with E-state index in [1.165, 1.54) is 37.4 Å². The average Bonchev–Trinajstić information content (AvgIpc) is 3.12. The molecule has 8 heteroatoms. The Morgan fingerprint density at radius 3 is 2.40 bits per heavy atom. The lowest BCUT2D eigenvalue weighted by atomic mass is 9.89. The number of benzene rings is 1. The van der Waals surface area contributed by atoms with Gasteiger partial charge in [0.1, 0.15) is 0 Å². The molecule has 0 radical (unpaired) electrons. The van der Waals surface area contributed by atoms with E-state index in [0.29, 0.717) is 6.54 Å². The molecule has 158 valence electrons. The number of likely N-dealkylation sites (tertiary alicyclic amines) is 1. The Morgan fingerprint density at radius 1 is 1.10 bits per heavy atom. The summed E-state index contributed by atoms with van der Waals surface area (Å²) in [5.74, 6) is -2.50. The van der Waals surface area contributed by atoms with Gasteiger partial charge in [-0.1, -0.05) is 54.9 Å². The van der Waals surface area contributed by atoms with Gasteiger partial charge in [0.05, 0.1) is 16.0 Å². The lowest BCUT2D eigenvalue weighted by Gasteiger charge is -2.28. The molecule has 2 N–H and O–H groups in total. The van der Waals surface area contributed by atoms with Crippen LogP contribution < -0.4 is 0 Å². The Labute approximate surface area is 179 Å². The second-order valence-electron chi connectivity index (χ2n) is 7.83. The Balaban J connectivity index is 1.65. The molecule has 1 aromatic carbocycles. The van der Waals surface area contributed by atoms with Crippen LogP contribution in [0.25, 0.3) is 0 Å². The number of aliphatic carboxylic acids is 2. The first kappa shape index (κ1) is 20.7. The van der Waals surface area contributed by atoms with E-state index >= 15 is 0 Å². The summed E-state index contributed by atoms with van der Waals surface area (Å²) in [4.78, 5) is 30.6. The highest BCUT2D eigenvalue weighted by Crippen LogP contribution is 2.52. The fourth-order valence-corrected chi connectivity index (χ4v) is 5.72. The molecule has 0 aliphatic carbocycles. The second-order valence-corrected chi connectivity index (χ2v) is 9.10. The van der Waals surface area contributed by atoms with Crippen LogP contribution in [-0.2, 0) is 27.4 Å². The fourth-order valence-electron chi connectivity index (χ4n) is 4.30. The fraction of sp³-hybridized carbons (Fsp3) is 0.409. The van der Waals surface area contributed by atoms with Crippen LogP contribution in [0.2, 0.25) is 0 Å². The molecule has 2 aliphatic heterocycles. The minimum absolute atomic E-state index is 0.147. The van der Waals surface area contributed by atoms with Gasteiger partial charge in [-0.25, -0.2) is 14.6 Å². The van der Waals surface area contributed by atoms with Crippen LogP contribution in [0.1, 0.15) is 36.9 Å². The van der Waals surface area contributed by atoms with Gasteiger partial charge in [0.25, 0.3) is 0 Å². The number of carboxylic acids is 2. The van der Waals surface area contributed by atoms with Crippen LogP contribution in [0.15, 0.2) is 53.3 Å². The molecule has 7 nitrogen and oxygen atoms in total. The van der Waals surface area contributed by atoms with Crippen molar-refractivity contribution in [1.82, 2.24) is 14.5 Å². The number of thioether (sulfide) groups is 1. The van der Waals surface area contributed by atoms with Gasteiger partial charge < -0.3 is 14.8 Å². The van der Waals surface area contributed by atoms with Crippen LogP contribution in [0.3, 0.4) is 0 Å². The second kappa shape index (κ2) is 8.65. The Kier molecular flexibility index (Phi) is 5.97. The van der Waals surface area contributed by atoms with Crippen molar-refractivity contribution in [3.8, 4) is 0 Å². The highest BCUT2D eigenvalue weighted by Gasteiger charge is 2.47. The lowest BCUT2D eigenvalue weighted by molar-refractivity contribution is -0.135. The third-order valence-corrected chi connectivity index (χ3v) is 7.15. The van der Waals surface area contributed by atoms with Crippen LogP contribution in [0, 0.1) is 0 Å². The maximum absolute atomic E-state index is 12.1. The molecular formula is C22H25N3O4S. The van der Waals surface area contributed by atoms with E-state index in [2.05, 4.69) is 4.90 Å². The molecule has 2 aromatic rings. The zero-order valence-electron chi connectivity index (χ0n) is 16.7. The van der Waals surface area contributed by atoms with E-state index in [1.807, 2.05) is 41.1 Å². The number of fused-ring (bicyclic) bond motifs is 1. The normalized spacial score (nSPS) is 22.5. The first-order valence-electron chi connectivity index (χ1n) is 10.2. The molecule has 1 aromatic heterocycles. The van der Waals surface area contributed by atoms with E-state index < -0.39 is 16.7 Å². The molecule has 1 atom stereocenters. The van der Waals surface area contributed by atoms with Gasteiger partial charge in [0.15, 0.2) is 5.16 Å². The van der Waals surface area contributed by atoms with Crippen molar-refractivity contribution >= 4 is 23.7 Å². The quantitative estimate of drug-likeness (QED) is 0.683. The van der Waals surface area contributed by atoms with Crippen molar-refractivity contribution in [1.29, 1.82) is 0 Å². The molecule has 4 rings (SSSR count). The first-order valence-corrected chi connectivity index (χ1v) is 11.0. The monoisotopic (exact) mass is 427 g/mol. The molecule has 0 saturated carbocycles. The number of aromatic nitrogens is 2. The number of nitrogens with zero attached hydrogens (tertiary/aromatic N) is 3. The van der Waals surface area contributed by atoms with E-state index in [1.54, 1.807) is 0 Å². The maximum atomic E-state index is 12.1. The van der Waals surface area contributed by atoms with Gasteiger partial charge in [0, 0.05) is 25.4 Å². The van der Waals surface area contributed by atoms with Crippen molar-refractivity contribution < 1.29 is 19.8 Å². The predicted molar refractivity (Wildman–Crippen MR) is 113 cm³/mol. The van der Waals surface area contributed by atoms with Gasteiger partial charge in [-0.2, -0.15) is 0 Å². The van der Waals surface area contributed by atoms with Crippen molar-refractivity contribution in [3.63, 3.8) is 0 Å².